The number of esters is 2. The van der Waals surface area contributed by atoms with Gasteiger partial charge in [0.15, 0.2) is 6.10 Å². The average molecular weight is 869 g/mol. The second-order valence-electron chi connectivity index (χ2n) is 17.2. The van der Waals surface area contributed by atoms with E-state index in [2.05, 4.69) is 38.2 Å². The van der Waals surface area contributed by atoms with Crippen molar-refractivity contribution in [3.8, 4) is 0 Å². The topological polar surface area (TPSA) is 108 Å². The lowest BCUT2D eigenvalue weighted by Crippen LogP contribution is -2.29. The van der Waals surface area contributed by atoms with Gasteiger partial charge in [-0.2, -0.15) is 0 Å². The molecule has 1 N–H and O–H groups in total. The molecule has 0 spiro atoms. The summed E-state index contributed by atoms with van der Waals surface area (Å²) >= 11 is 0. The fourth-order valence-electron chi connectivity index (χ4n) is 7.49. The molecule has 60 heavy (non-hydrogen) atoms. The van der Waals surface area contributed by atoms with Crippen LogP contribution in [0.5, 0.6) is 0 Å². The van der Waals surface area contributed by atoms with Crippen LogP contribution in [0.15, 0.2) is 24.3 Å². The van der Waals surface area contributed by atoms with Crippen molar-refractivity contribution < 1.29 is 37.6 Å². The summed E-state index contributed by atoms with van der Waals surface area (Å²) in [7, 11) is -4.28. The third-order valence-electron chi connectivity index (χ3n) is 11.3. The van der Waals surface area contributed by atoms with Crippen LogP contribution in [0, 0.1) is 0 Å². The van der Waals surface area contributed by atoms with E-state index >= 15 is 0 Å². The zero-order chi connectivity index (χ0) is 43.9. The molecule has 9 heteroatoms. The highest BCUT2D eigenvalue weighted by Crippen LogP contribution is 2.43. The summed E-state index contributed by atoms with van der Waals surface area (Å²) in [6.45, 7) is 5.49. The summed E-state index contributed by atoms with van der Waals surface area (Å²) in [5.74, 6) is -0.792. The average Bonchev–Trinajstić information content (AvgIpc) is 3.23. The second kappa shape index (κ2) is 47.0. The van der Waals surface area contributed by atoms with Gasteiger partial charge in [-0.25, -0.2) is 4.57 Å². The number of allylic oxidation sites excluding steroid dienone is 4. The van der Waals surface area contributed by atoms with Crippen molar-refractivity contribution in [2.45, 2.75) is 271 Å². The summed E-state index contributed by atoms with van der Waals surface area (Å²) in [6.07, 6.45) is 53.9. The molecular weight excluding hydrogens is 772 g/mol. The zero-order valence-corrected chi connectivity index (χ0v) is 40.5. The SMILES string of the molecule is CCCCC/C=C\C/C=C\CCCCCCCCCC(=O)OC(COC(=O)CCCCCCCCCCCCCCCCCCCCCCCCC)COP(=O)(O)OCC. The lowest BCUT2D eigenvalue weighted by molar-refractivity contribution is -0.161. The normalized spacial score (nSPS) is 13.3. The fourth-order valence-corrected chi connectivity index (χ4v) is 8.24. The summed E-state index contributed by atoms with van der Waals surface area (Å²) in [5.41, 5.74) is 0. The van der Waals surface area contributed by atoms with Gasteiger partial charge in [0.1, 0.15) is 6.61 Å². The van der Waals surface area contributed by atoms with Crippen LogP contribution in [0.2, 0.25) is 0 Å². The number of hydrogen-bond donors (Lipinski definition) is 1. The number of ether oxygens (including phenoxy) is 2. The quantitative estimate of drug-likeness (QED) is 0.0279. The number of unbranched alkanes of at least 4 members (excludes halogenated alkanes) is 32. The molecule has 0 amide bonds. The highest BCUT2D eigenvalue weighted by atomic mass is 31.2. The van der Waals surface area contributed by atoms with Crippen molar-refractivity contribution in [2.75, 3.05) is 19.8 Å². The molecular formula is C51H97O8P. The number of phosphoric ester groups is 1. The molecule has 0 aliphatic heterocycles. The molecule has 0 aromatic carbocycles. The lowest BCUT2D eigenvalue weighted by atomic mass is 10.0. The molecule has 0 rings (SSSR count). The predicted molar refractivity (Wildman–Crippen MR) is 253 cm³/mol. The minimum absolute atomic E-state index is 0.000947. The molecule has 0 aliphatic rings. The Morgan fingerprint density at radius 3 is 1.22 bits per heavy atom. The van der Waals surface area contributed by atoms with Gasteiger partial charge in [0.05, 0.1) is 13.2 Å². The van der Waals surface area contributed by atoms with Crippen LogP contribution in [0.4, 0.5) is 0 Å². The Morgan fingerprint density at radius 1 is 0.450 bits per heavy atom. The number of hydrogen-bond acceptors (Lipinski definition) is 7. The summed E-state index contributed by atoms with van der Waals surface area (Å²) in [6, 6.07) is 0. The van der Waals surface area contributed by atoms with Crippen LogP contribution in [0.25, 0.3) is 0 Å². The van der Waals surface area contributed by atoms with Gasteiger partial charge in [-0.1, -0.05) is 224 Å². The summed E-state index contributed by atoms with van der Waals surface area (Å²) in [5, 5.41) is 0. The molecule has 0 heterocycles. The van der Waals surface area contributed by atoms with Crippen molar-refractivity contribution in [1.29, 1.82) is 0 Å². The maximum atomic E-state index is 12.6. The molecule has 0 fully saturated rings. The molecule has 0 aromatic heterocycles. The third kappa shape index (κ3) is 46.0. The van der Waals surface area contributed by atoms with Gasteiger partial charge >= 0.3 is 19.8 Å². The smallest absolute Gasteiger partial charge is 0.462 e. The van der Waals surface area contributed by atoms with E-state index in [0.717, 1.165) is 51.4 Å². The molecule has 0 aromatic rings. The van der Waals surface area contributed by atoms with Crippen LogP contribution in [0.3, 0.4) is 0 Å². The first kappa shape index (κ1) is 58.5. The molecule has 0 radical (unpaired) electrons. The van der Waals surface area contributed by atoms with Crippen molar-refractivity contribution in [3.05, 3.63) is 24.3 Å². The van der Waals surface area contributed by atoms with Crippen molar-refractivity contribution >= 4 is 19.8 Å². The van der Waals surface area contributed by atoms with Crippen molar-refractivity contribution in [3.63, 3.8) is 0 Å². The monoisotopic (exact) mass is 869 g/mol. The van der Waals surface area contributed by atoms with Crippen LogP contribution in [-0.4, -0.2) is 42.8 Å². The van der Waals surface area contributed by atoms with E-state index in [1.54, 1.807) is 6.92 Å². The van der Waals surface area contributed by atoms with Crippen LogP contribution < -0.4 is 0 Å². The van der Waals surface area contributed by atoms with Gasteiger partial charge < -0.3 is 14.4 Å². The zero-order valence-electron chi connectivity index (χ0n) is 39.6. The van der Waals surface area contributed by atoms with E-state index in [4.69, 9.17) is 18.5 Å². The minimum atomic E-state index is -4.28. The Morgan fingerprint density at radius 2 is 0.800 bits per heavy atom. The Hall–Kier alpha value is -1.47. The largest absolute Gasteiger partial charge is 0.472 e. The molecule has 2 unspecified atom stereocenters. The maximum Gasteiger partial charge on any atom is 0.472 e. The van der Waals surface area contributed by atoms with Gasteiger partial charge in [0.25, 0.3) is 0 Å². The molecule has 0 saturated carbocycles. The Labute approximate surface area is 371 Å². The minimum Gasteiger partial charge on any atom is -0.462 e. The number of rotatable bonds is 48. The molecule has 0 bridgehead atoms. The van der Waals surface area contributed by atoms with Crippen LogP contribution >= 0.6 is 7.82 Å². The highest BCUT2D eigenvalue weighted by Gasteiger charge is 2.25. The van der Waals surface area contributed by atoms with E-state index in [-0.39, 0.29) is 25.6 Å². The van der Waals surface area contributed by atoms with Crippen molar-refractivity contribution in [1.82, 2.24) is 0 Å². The second-order valence-corrected chi connectivity index (χ2v) is 18.6. The van der Waals surface area contributed by atoms with Gasteiger partial charge in [-0.05, 0) is 51.9 Å². The maximum absolute atomic E-state index is 12.6. The third-order valence-corrected chi connectivity index (χ3v) is 12.3. The standard InChI is InChI=1S/C51H97O8P/c1-4-7-9-11-13-15-17-19-21-23-24-25-26-27-28-30-31-33-35-37-39-41-43-45-50(52)56-47-49(48-58-60(54,55)57-6-3)59-51(53)46-44-42-40-38-36-34-32-29-22-20-18-16-14-12-10-8-5-2/h14,16,20,22,49H,4-13,15,17-19,21,23-48H2,1-3H3,(H,54,55)/b16-14-,22-20-. The van der Waals surface area contributed by atoms with Crippen LogP contribution in [-0.2, 0) is 32.7 Å². The molecule has 2 atom stereocenters. The molecule has 0 saturated heterocycles. The molecule has 8 nitrogen and oxygen atoms in total. The van der Waals surface area contributed by atoms with Gasteiger partial charge in [-0.15, -0.1) is 0 Å². The highest BCUT2D eigenvalue weighted by molar-refractivity contribution is 7.47. The Balaban J connectivity index is 3.93. The van der Waals surface area contributed by atoms with Gasteiger partial charge in [0.2, 0.25) is 0 Å². The number of carbonyl (C=O) groups excluding carboxylic acids is 2. The summed E-state index contributed by atoms with van der Waals surface area (Å²) < 4.78 is 32.8. The first-order valence-electron chi connectivity index (χ1n) is 25.6. The Bertz CT molecular complexity index is 1030. The number of phosphoric acid groups is 1. The van der Waals surface area contributed by atoms with E-state index in [1.807, 2.05) is 0 Å². The van der Waals surface area contributed by atoms with E-state index in [9.17, 15) is 19.0 Å². The van der Waals surface area contributed by atoms with Crippen LogP contribution in [0.1, 0.15) is 265 Å². The van der Waals surface area contributed by atoms with E-state index in [0.29, 0.717) is 12.8 Å². The van der Waals surface area contributed by atoms with Gasteiger partial charge in [-0.3, -0.25) is 18.6 Å². The van der Waals surface area contributed by atoms with Crippen molar-refractivity contribution in [2.24, 2.45) is 0 Å². The van der Waals surface area contributed by atoms with Gasteiger partial charge in [0, 0.05) is 12.8 Å². The number of carbonyl (C=O) groups is 2. The van der Waals surface area contributed by atoms with E-state index in [1.165, 1.54) is 173 Å². The fraction of sp³-hybridized carbons (Fsp3) is 0.882. The lowest BCUT2D eigenvalue weighted by Gasteiger charge is -2.19. The first-order valence-corrected chi connectivity index (χ1v) is 27.1. The first-order chi connectivity index (χ1) is 29.3. The van der Waals surface area contributed by atoms with E-state index < -0.39 is 26.5 Å². The summed E-state index contributed by atoms with van der Waals surface area (Å²) in [4.78, 5) is 34.9. The molecule has 354 valence electrons. The molecule has 0 aliphatic carbocycles. The Kier molecular flexibility index (Phi) is 45.9. The predicted octanol–water partition coefficient (Wildman–Crippen LogP) is 16.6.